The highest BCUT2D eigenvalue weighted by molar-refractivity contribution is 6.30. The maximum Gasteiger partial charge on any atom is 0.275 e. The summed E-state index contributed by atoms with van der Waals surface area (Å²) in [5, 5.41) is 16.2. The summed E-state index contributed by atoms with van der Waals surface area (Å²) >= 11 is 6.01. The number of halogens is 1. The lowest BCUT2D eigenvalue weighted by atomic mass is 9.98. The summed E-state index contributed by atoms with van der Waals surface area (Å²) < 4.78 is 0. The van der Waals surface area contributed by atoms with Gasteiger partial charge in [-0.05, 0) is 53.6 Å². The van der Waals surface area contributed by atoms with E-state index in [0.717, 1.165) is 16.8 Å². The number of amides is 1. The number of benzene rings is 3. The summed E-state index contributed by atoms with van der Waals surface area (Å²) in [6, 6.07) is 23.5. The van der Waals surface area contributed by atoms with Crippen molar-refractivity contribution in [3.8, 4) is 5.75 Å². The Hall–Kier alpha value is -3.37. The van der Waals surface area contributed by atoms with Crippen LogP contribution in [-0.2, 0) is 4.79 Å². The van der Waals surface area contributed by atoms with Gasteiger partial charge in [0.2, 0.25) is 0 Å². The first kappa shape index (κ1) is 18.0. The number of hydrogen-bond acceptors (Lipinski definition) is 3. The minimum Gasteiger partial charge on any atom is -0.508 e. The van der Waals surface area contributed by atoms with Gasteiger partial charge in [0, 0.05) is 17.0 Å². The number of phenols is 1. The molecule has 0 aromatic heterocycles. The summed E-state index contributed by atoms with van der Waals surface area (Å²) in [5.41, 5.74) is 3.86. The van der Waals surface area contributed by atoms with Crippen LogP contribution in [0.1, 0.15) is 17.5 Å². The van der Waals surface area contributed by atoms with Crippen LogP contribution in [0.15, 0.2) is 89.5 Å². The zero-order valence-electron chi connectivity index (χ0n) is 14.9. The minimum atomic E-state index is -0.169. The molecule has 4 nitrogen and oxygen atoms in total. The van der Waals surface area contributed by atoms with Gasteiger partial charge >= 0.3 is 0 Å². The first-order valence-corrected chi connectivity index (χ1v) is 9.20. The molecule has 0 unspecified atom stereocenters. The van der Waals surface area contributed by atoms with Crippen LogP contribution in [0.25, 0.3) is 6.08 Å². The second-order valence-electron chi connectivity index (χ2n) is 6.44. The lowest BCUT2D eigenvalue weighted by Crippen LogP contribution is -2.33. The molecule has 28 heavy (non-hydrogen) atoms. The Balaban J connectivity index is 1.78. The molecule has 0 saturated heterocycles. The normalized spacial score (nSPS) is 15.6. The topological polar surface area (TPSA) is 52.9 Å². The molecule has 0 radical (unpaired) electrons. The van der Waals surface area contributed by atoms with Crippen molar-refractivity contribution in [1.82, 2.24) is 0 Å². The van der Waals surface area contributed by atoms with Crippen molar-refractivity contribution in [2.75, 3.05) is 5.01 Å². The molecule has 0 fully saturated rings. The molecule has 3 aromatic carbocycles. The lowest BCUT2D eigenvalue weighted by molar-refractivity contribution is -0.115. The SMILES string of the molecule is O=C1C(=Cc2ccc(O)cc2)CC(c2ccc(Cl)cc2)=NN1c1ccccc1. The fraction of sp³-hybridized carbons (Fsp3) is 0.0435. The monoisotopic (exact) mass is 388 g/mol. The van der Waals surface area contributed by atoms with Gasteiger partial charge in [-0.25, -0.2) is 0 Å². The predicted molar refractivity (Wildman–Crippen MR) is 113 cm³/mol. The lowest BCUT2D eigenvalue weighted by Gasteiger charge is -2.25. The fourth-order valence-electron chi connectivity index (χ4n) is 3.02. The number of phenolic OH excluding ortho intramolecular Hbond substituents is 1. The predicted octanol–water partition coefficient (Wildman–Crippen LogP) is 5.27. The Morgan fingerprint density at radius 2 is 1.61 bits per heavy atom. The molecule has 1 aliphatic rings. The van der Waals surface area contributed by atoms with Crippen molar-refractivity contribution >= 4 is 35.0 Å². The third-order valence-corrected chi connectivity index (χ3v) is 4.71. The second kappa shape index (κ2) is 7.71. The van der Waals surface area contributed by atoms with Crippen LogP contribution in [0.4, 0.5) is 5.69 Å². The van der Waals surface area contributed by atoms with E-state index in [1.165, 1.54) is 5.01 Å². The van der Waals surface area contributed by atoms with Gasteiger partial charge in [-0.2, -0.15) is 10.1 Å². The number of carbonyl (C=O) groups excluding carboxylic acids is 1. The maximum atomic E-state index is 13.1. The van der Waals surface area contributed by atoms with Gasteiger partial charge in [0.25, 0.3) is 5.91 Å². The summed E-state index contributed by atoms with van der Waals surface area (Å²) in [7, 11) is 0. The zero-order chi connectivity index (χ0) is 19.5. The molecule has 0 bridgehead atoms. The van der Waals surface area contributed by atoms with E-state index in [4.69, 9.17) is 11.6 Å². The van der Waals surface area contributed by atoms with Crippen LogP contribution in [0.3, 0.4) is 0 Å². The molecular formula is C23H17ClN2O2. The van der Waals surface area contributed by atoms with E-state index in [9.17, 15) is 9.90 Å². The molecule has 5 heteroatoms. The number of aromatic hydroxyl groups is 1. The Morgan fingerprint density at radius 3 is 2.29 bits per heavy atom. The summed E-state index contributed by atoms with van der Waals surface area (Å²) in [6.45, 7) is 0. The molecule has 0 aliphatic carbocycles. The van der Waals surface area contributed by atoms with E-state index in [2.05, 4.69) is 5.10 Å². The molecule has 1 N–H and O–H groups in total. The fourth-order valence-corrected chi connectivity index (χ4v) is 3.15. The Morgan fingerprint density at radius 1 is 0.929 bits per heavy atom. The van der Waals surface area contributed by atoms with Gasteiger partial charge in [-0.1, -0.05) is 54.1 Å². The van der Waals surface area contributed by atoms with E-state index in [1.54, 1.807) is 24.3 Å². The molecule has 0 saturated carbocycles. The maximum absolute atomic E-state index is 13.1. The van der Waals surface area contributed by atoms with Crippen molar-refractivity contribution in [3.63, 3.8) is 0 Å². The van der Waals surface area contributed by atoms with Crippen LogP contribution in [0, 0.1) is 0 Å². The Bertz CT molecular complexity index is 1060. The standard InChI is InChI=1S/C23H17ClN2O2/c24-19-10-8-17(9-11-19)22-15-18(14-16-6-12-21(27)13-7-16)23(28)26(25-22)20-4-2-1-3-5-20/h1-14,27H,15H2. The molecule has 1 heterocycles. The highest BCUT2D eigenvalue weighted by atomic mass is 35.5. The van der Waals surface area contributed by atoms with E-state index >= 15 is 0 Å². The highest BCUT2D eigenvalue weighted by Gasteiger charge is 2.27. The quantitative estimate of drug-likeness (QED) is 0.621. The summed E-state index contributed by atoms with van der Waals surface area (Å²) in [4.78, 5) is 13.1. The number of carbonyl (C=O) groups is 1. The third kappa shape index (κ3) is 3.82. The average molecular weight is 389 g/mol. The van der Waals surface area contributed by atoms with Crippen molar-refractivity contribution in [3.05, 3.63) is 101 Å². The number of hydrogen-bond donors (Lipinski definition) is 1. The van der Waals surface area contributed by atoms with Gasteiger partial charge < -0.3 is 5.11 Å². The van der Waals surface area contributed by atoms with Crippen LogP contribution < -0.4 is 5.01 Å². The van der Waals surface area contributed by atoms with E-state index < -0.39 is 0 Å². The first-order chi connectivity index (χ1) is 13.6. The van der Waals surface area contributed by atoms with Gasteiger partial charge in [0.05, 0.1) is 11.4 Å². The van der Waals surface area contributed by atoms with Crippen LogP contribution in [0.5, 0.6) is 5.75 Å². The van der Waals surface area contributed by atoms with Crippen molar-refractivity contribution < 1.29 is 9.90 Å². The van der Waals surface area contributed by atoms with Crippen molar-refractivity contribution in [1.29, 1.82) is 0 Å². The van der Waals surface area contributed by atoms with Crippen molar-refractivity contribution in [2.24, 2.45) is 5.10 Å². The summed E-state index contributed by atoms with van der Waals surface area (Å²) in [5.74, 6) is 0.0171. The van der Waals surface area contributed by atoms with Gasteiger partial charge in [0.15, 0.2) is 0 Å². The molecule has 1 aliphatic heterocycles. The smallest absolute Gasteiger partial charge is 0.275 e. The molecule has 0 spiro atoms. The number of nitrogens with zero attached hydrogens (tertiary/aromatic N) is 2. The van der Waals surface area contributed by atoms with Crippen LogP contribution >= 0.6 is 11.6 Å². The molecule has 138 valence electrons. The summed E-state index contributed by atoms with van der Waals surface area (Å²) in [6.07, 6.45) is 2.24. The Labute approximate surface area is 168 Å². The van der Waals surface area contributed by atoms with Gasteiger partial charge in [0.1, 0.15) is 5.75 Å². The third-order valence-electron chi connectivity index (χ3n) is 4.46. The number of rotatable bonds is 3. The first-order valence-electron chi connectivity index (χ1n) is 8.83. The van der Waals surface area contributed by atoms with Crippen molar-refractivity contribution in [2.45, 2.75) is 6.42 Å². The van der Waals surface area contributed by atoms with E-state index in [0.29, 0.717) is 22.7 Å². The molecule has 0 atom stereocenters. The average Bonchev–Trinajstić information content (AvgIpc) is 2.72. The van der Waals surface area contributed by atoms with Gasteiger partial charge in [-0.3, -0.25) is 4.79 Å². The molecule has 1 amide bonds. The largest absolute Gasteiger partial charge is 0.508 e. The molecule has 3 aromatic rings. The van der Waals surface area contributed by atoms with Crippen LogP contribution in [0.2, 0.25) is 5.02 Å². The van der Waals surface area contributed by atoms with E-state index in [1.807, 2.05) is 60.7 Å². The van der Waals surface area contributed by atoms with Gasteiger partial charge in [-0.15, -0.1) is 0 Å². The number of anilines is 1. The van der Waals surface area contributed by atoms with Crippen LogP contribution in [-0.4, -0.2) is 16.7 Å². The minimum absolute atomic E-state index is 0.169. The second-order valence-corrected chi connectivity index (χ2v) is 6.88. The van der Waals surface area contributed by atoms with E-state index in [-0.39, 0.29) is 11.7 Å². The zero-order valence-corrected chi connectivity index (χ0v) is 15.7. The highest BCUT2D eigenvalue weighted by Crippen LogP contribution is 2.27. The number of para-hydroxylation sites is 1. The molecular weight excluding hydrogens is 372 g/mol. The Kier molecular flexibility index (Phi) is 4.96. The number of hydrazone groups is 1. The molecule has 4 rings (SSSR count).